The fourth-order valence-corrected chi connectivity index (χ4v) is 2.42. The van der Waals surface area contributed by atoms with Crippen molar-refractivity contribution in [2.45, 2.75) is 38.7 Å². The molecule has 4 heteroatoms. The van der Waals surface area contributed by atoms with E-state index in [1.807, 2.05) is 26.0 Å². The van der Waals surface area contributed by atoms with Gasteiger partial charge < -0.3 is 10.0 Å². The number of aryl methyl sites for hydroxylation is 1. The average molecular weight is 248 g/mol. The Morgan fingerprint density at radius 3 is 2.89 bits per heavy atom. The predicted molar refractivity (Wildman–Crippen MR) is 69.1 cm³/mol. The summed E-state index contributed by atoms with van der Waals surface area (Å²) in [5.41, 5.74) is 1.22. The number of hydrogen-bond donors (Lipinski definition) is 1. The molecule has 0 saturated carbocycles. The van der Waals surface area contributed by atoms with Gasteiger partial charge in [0.1, 0.15) is 0 Å². The zero-order valence-electron chi connectivity index (χ0n) is 11.0. The predicted octanol–water partition coefficient (Wildman–Crippen LogP) is 1.31. The molecule has 1 aromatic rings. The zero-order valence-corrected chi connectivity index (χ0v) is 11.0. The van der Waals surface area contributed by atoms with Gasteiger partial charge in [0.2, 0.25) is 5.91 Å². The lowest BCUT2D eigenvalue weighted by Crippen LogP contribution is -2.63. The Bertz CT molecular complexity index is 439. The minimum atomic E-state index is -0.649. The number of likely N-dealkylation sites (tertiary alicyclic amines) is 1. The number of β-amino-alcohol motifs (C(OH)–C–C–N with tert-alkyl or cyclic N) is 1. The third kappa shape index (κ3) is 2.70. The molecule has 1 amide bonds. The third-order valence-corrected chi connectivity index (χ3v) is 3.47. The van der Waals surface area contributed by atoms with Crippen LogP contribution < -0.4 is 0 Å². The molecule has 98 valence electrons. The number of aromatic nitrogens is 1. The molecule has 1 aromatic heterocycles. The van der Waals surface area contributed by atoms with Crippen LogP contribution in [-0.4, -0.2) is 39.6 Å². The minimum absolute atomic E-state index is 0.0533. The van der Waals surface area contributed by atoms with E-state index in [1.165, 1.54) is 0 Å². The molecule has 0 spiro atoms. The summed E-state index contributed by atoms with van der Waals surface area (Å²) in [6.07, 6.45) is 3.74. The molecule has 1 fully saturated rings. The summed E-state index contributed by atoms with van der Waals surface area (Å²) >= 11 is 0. The molecular formula is C14H20N2O2. The molecule has 18 heavy (non-hydrogen) atoms. The molecule has 0 aromatic carbocycles. The number of carbonyl (C=O) groups excluding carboxylic acids is 1. The zero-order chi connectivity index (χ0) is 13.2. The van der Waals surface area contributed by atoms with Crippen LogP contribution in [0.2, 0.25) is 0 Å². The van der Waals surface area contributed by atoms with Crippen LogP contribution in [0.25, 0.3) is 0 Å². The molecule has 1 N–H and O–H groups in total. The standard InChI is InChI=1S/C14H20N2O2/c1-3-6-14(18)9-16(10-14)13(17)8-12-11(2)5-4-7-15-12/h4-5,7,18H,3,6,8-10H2,1-2H3. The molecule has 1 saturated heterocycles. The van der Waals surface area contributed by atoms with Crippen LogP contribution in [0.15, 0.2) is 18.3 Å². The van der Waals surface area contributed by atoms with Gasteiger partial charge in [-0.2, -0.15) is 0 Å². The highest BCUT2D eigenvalue weighted by Gasteiger charge is 2.42. The normalized spacial score (nSPS) is 17.4. The Hall–Kier alpha value is -1.42. The summed E-state index contributed by atoms with van der Waals surface area (Å²) in [5.74, 6) is 0.0533. The molecule has 1 aliphatic heterocycles. The maximum Gasteiger partial charge on any atom is 0.228 e. The first-order valence-corrected chi connectivity index (χ1v) is 6.45. The van der Waals surface area contributed by atoms with Gasteiger partial charge in [0.25, 0.3) is 0 Å². The molecular weight excluding hydrogens is 228 g/mol. The Balaban J connectivity index is 1.90. The SMILES string of the molecule is CCCC1(O)CN(C(=O)Cc2ncccc2C)C1. The molecule has 2 rings (SSSR count). The lowest BCUT2D eigenvalue weighted by molar-refractivity contribution is -0.155. The highest BCUT2D eigenvalue weighted by atomic mass is 16.3. The van der Waals surface area contributed by atoms with Gasteiger partial charge in [0, 0.05) is 6.20 Å². The minimum Gasteiger partial charge on any atom is -0.386 e. The summed E-state index contributed by atoms with van der Waals surface area (Å²) < 4.78 is 0. The molecule has 1 aliphatic rings. The summed E-state index contributed by atoms with van der Waals surface area (Å²) in [6.45, 7) is 4.93. The van der Waals surface area contributed by atoms with Crippen LogP contribution in [0, 0.1) is 6.92 Å². The number of amides is 1. The van der Waals surface area contributed by atoms with E-state index in [0.29, 0.717) is 19.5 Å². The van der Waals surface area contributed by atoms with Crippen LogP contribution in [-0.2, 0) is 11.2 Å². The maximum absolute atomic E-state index is 12.0. The van der Waals surface area contributed by atoms with Crippen molar-refractivity contribution in [1.29, 1.82) is 0 Å². The van der Waals surface area contributed by atoms with Crippen molar-refractivity contribution in [2.75, 3.05) is 13.1 Å². The van der Waals surface area contributed by atoms with Crippen molar-refractivity contribution in [3.05, 3.63) is 29.6 Å². The van der Waals surface area contributed by atoms with Gasteiger partial charge in [0.05, 0.1) is 30.8 Å². The lowest BCUT2D eigenvalue weighted by Gasteiger charge is -2.46. The Kier molecular flexibility index (Phi) is 3.66. The van der Waals surface area contributed by atoms with E-state index in [0.717, 1.165) is 24.1 Å². The maximum atomic E-state index is 12.0. The van der Waals surface area contributed by atoms with Crippen molar-refractivity contribution in [1.82, 2.24) is 9.88 Å². The second kappa shape index (κ2) is 5.06. The van der Waals surface area contributed by atoms with Crippen LogP contribution in [0.3, 0.4) is 0 Å². The van der Waals surface area contributed by atoms with Crippen molar-refractivity contribution >= 4 is 5.91 Å². The summed E-state index contributed by atoms with van der Waals surface area (Å²) in [7, 11) is 0. The Labute approximate surface area is 108 Å². The second-order valence-corrected chi connectivity index (χ2v) is 5.17. The van der Waals surface area contributed by atoms with E-state index in [1.54, 1.807) is 11.1 Å². The number of carbonyl (C=O) groups is 1. The molecule has 0 bridgehead atoms. The van der Waals surface area contributed by atoms with Crippen molar-refractivity contribution < 1.29 is 9.90 Å². The van der Waals surface area contributed by atoms with Gasteiger partial charge in [0.15, 0.2) is 0 Å². The largest absolute Gasteiger partial charge is 0.386 e. The van der Waals surface area contributed by atoms with E-state index in [2.05, 4.69) is 4.98 Å². The van der Waals surface area contributed by atoms with Gasteiger partial charge in [-0.1, -0.05) is 19.4 Å². The van der Waals surface area contributed by atoms with Crippen LogP contribution in [0.1, 0.15) is 31.0 Å². The van der Waals surface area contributed by atoms with Gasteiger partial charge in [-0.25, -0.2) is 0 Å². The van der Waals surface area contributed by atoms with Crippen LogP contribution in [0.4, 0.5) is 0 Å². The first kappa shape index (κ1) is 13.0. The van der Waals surface area contributed by atoms with Crippen molar-refractivity contribution in [2.24, 2.45) is 0 Å². The highest BCUT2D eigenvalue weighted by Crippen LogP contribution is 2.26. The monoisotopic (exact) mass is 248 g/mol. The topological polar surface area (TPSA) is 53.4 Å². The van der Waals surface area contributed by atoms with Gasteiger partial charge in [-0.05, 0) is 25.0 Å². The second-order valence-electron chi connectivity index (χ2n) is 5.17. The van der Waals surface area contributed by atoms with E-state index >= 15 is 0 Å². The van der Waals surface area contributed by atoms with Crippen LogP contribution in [0.5, 0.6) is 0 Å². The first-order valence-electron chi connectivity index (χ1n) is 6.45. The number of rotatable bonds is 4. The fourth-order valence-electron chi connectivity index (χ4n) is 2.42. The number of pyridine rings is 1. The van der Waals surface area contributed by atoms with Gasteiger partial charge >= 0.3 is 0 Å². The molecule has 4 nitrogen and oxygen atoms in total. The number of aliphatic hydroxyl groups is 1. The molecule has 0 atom stereocenters. The van der Waals surface area contributed by atoms with Crippen LogP contribution >= 0.6 is 0 Å². The van der Waals surface area contributed by atoms with Crippen molar-refractivity contribution in [3.63, 3.8) is 0 Å². The first-order chi connectivity index (χ1) is 8.54. The quantitative estimate of drug-likeness (QED) is 0.874. The molecule has 0 aliphatic carbocycles. The third-order valence-electron chi connectivity index (χ3n) is 3.47. The van der Waals surface area contributed by atoms with E-state index in [-0.39, 0.29) is 5.91 Å². The van der Waals surface area contributed by atoms with Gasteiger partial charge in [-0.15, -0.1) is 0 Å². The highest BCUT2D eigenvalue weighted by molar-refractivity contribution is 5.79. The van der Waals surface area contributed by atoms with Crippen molar-refractivity contribution in [3.8, 4) is 0 Å². The fraction of sp³-hybridized carbons (Fsp3) is 0.571. The summed E-state index contributed by atoms with van der Waals surface area (Å²) in [6, 6.07) is 3.83. The van der Waals surface area contributed by atoms with Gasteiger partial charge in [-0.3, -0.25) is 9.78 Å². The smallest absolute Gasteiger partial charge is 0.228 e. The number of hydrogen-bond acceptors (Lipinski definition) is 3. The Morgan fingerprint density at radius 1 is 1.56 bits per heavy atom. The Morgan fingerprint density at radius 2 is 2.28 bits per heavy atom. The number of nitrogens with zero attached hydrogens (tertiary/aromatic N) is 2. The lowest BCUT2D eigenvalue weighted by atomic mass is 9.89. The summed E-state index contributed by atoms with van der Waals surface area (Å²) in [5, 5.41) is 10.0. The average Bonchev–Trinajstić information content (AvgIpc) is 2.29. The summed E-state index contributed by atoms with van der Waals surface area (Å²) in [4.78, 5) is 17.9. The van der Waals surface area contributed by atoms with E-state index in [4.69, 9.17) is 0 Å². The molecule has 0 unspecified atom stereocenters. The van der Waals surface area contributed by atoms with E-state index in [9.17, 15) is 9.90 Å². The van der Waals surface area contributed by atoms with E-state index < -0.39 is 5.60 Å². The molecule has 0 radical (unpaired) electrons. The molecule has 2 heterocycles.